The van der Waals surface area contributed by atoms with E-state index in [1.807, 2.05) is 6.07 Å². The number of nitrogens with zero attached hydrogens (tertiary/aromatic N) is 1. The second kappa shape index (κ2) is 7.49. The summed E-state index contributed by atoms with van der Waals surface area (Å²) in [6, 6.07) is 11.8. The molecule has 0 bridgehead atoms. The van der Waals surface area contributed by atoms with E-state index in [0.717, 1.165) is 24.3 Å². The highest BCUT2D eigenvalue weighted by Gasteiger charge is 2.30. The molecule has 25 heavy (non-hydrogen) atoms. The van der Waals surface area contributed by atoms with Crippen molar-refractivity contribution in [3.8, 4) is 6.07 Å². The van der Waals surface area contributed by atoms with E-state index in [0.29, 0.717) is 11.3 Å². The number of carbonyl (C=O) groups is 2. The predicted octanol–water partition coefficient (Wildman–Crippen LogP) is 2.95. The van der Waals surface area contributed by atoms with Gasteiger partial charge in [-0.2, -0.15) is 18.4 Å². The van der Waals surface area contributed by atoms with Crippen molar-refractivity contribution in [1.82, 2.24) is 5.32 Å². The van der Waals surface area contributed by atoms with Crippen LogP contribution in [0, 0.1) is 11.3 Å². The number of hydrogen-bond acceptors (Lipinski definition) is 3. The molecule has 0 aliphatic heterocycles. The zero-order chi connectivity index (χ0) is 18.4. The molecule has 2 rings (SSSR count). The molecule has 0 unspecified atom stereocenters. The van der Waals surface area contributed by atoms with Crippen molar-refractivity contribution < 1.29 is 22.8 Å². The van der Waals surface area contributed by atoms with Crippen LogP contribution in [0.25, 0.3) is 0 Å². The van der Waals surface area contributed by atoms with Gasteiger partial charge in [-0.3, -0.25) is 9.59 Å². The molecule has 0 aromatic heterocycles. The Morgan fingerprint density at radius 1 is 1.08 bits per heavy atom. The van der Waals surface area contributed by atoms with Gasteiger partial charge in [0, 0.05) is 11.3 Å². The molecule has 2 N–H and O–H groups in total. The molecule has 0 atom stereocenters. The van der Waals surface area contributed by atoms with Gasteiger partial charge < -0.3 is 10.6 Å². The summed E-state index contributed by atoms with van der Waals surface area (Å²) in [6.45, 7) is -0.364. The molecule has 0 spiro atoms. The van der Waals surface area contributed by atoms with Gasteiger partial charge in [0.2, 0.25) is 5.91 Å². The fraction of sp³-hybridized carbons (Fsp3) is 0.118. The minimum atomic E-state index is -4.48. The van der Waals surface area contributed by atoms with Gasteiger partial charge in [0.1, 0.15) is 0 Å². The van der Waals surface area contributed by atoms with Crippen LogP contribution in [0.3, 0.4) is 0 Å². The van der Waals surface area contributed by atoms with Crippen molar-refractivity contribution in [2.24, 2.45) is 0 Å². The number of alkyl halides is 3. The summed E-state index contributed by atoms with van der Waals surface area (Å²) in [4.78, 5) is 23.6. The summed E-state index contributed by atoms with van der Waals surface area (Å²) in [7, 11) is 0. The second-order valence-electron chi connectivity index (χ2n) is 5.00. The molecule has 5 nitrogen and oxygen atoms in total. The van der Waals surface area contributed by atoms with Crippen LogP contribution >= 0.6 is 0 Å². The third kappa shape index (κ3) is 5.07. The Hall–Kier alpha value is -3.34. The molecule has 0 saturated carbocycles. The van der Waals surface area contributed by atoms with Crippen molar-refractivity contribution >= 4 is 17.5 Å². The van der Waals surface area contributed by atoms with Gasteiger partial charge in [-0.1, -0.05) is 6.07 Å². The van der Waals surface area contributed by atoms with E-state index in [2.05, 4.69) is 10.6 Å². The molecule has 0 heterocycles. The molecular weight excluding hydrogens is 335 g/mol. The number of halogens is 3. The topological polar surface area (TPSA) is 82.0 Å². The molecule has 0 fully saturated rings. The Morgan fingerprint density at radius 3 is 2.36 bits per heavy atom. The fourth-order valence-corrected chi connectivity index (χ4v) is 1.94. The number of carbonyl (C=O) groups excluding carboxylic acids is 2. The Morgan fingerprint density at radius 2 is 1.76 bits per heavy atom. The monoisotopic (exact) mass is 347 g/mol. The van der Waals surface area contributed by atoms with Gasteiger partial charge >= 0.3 is 6.18 Å². The summed E-state index contributed by atoms with van der Waals surface area (Å²) < 4.78 is 37.4. The number of amides is 2. The van der Waals surface area contributed by atoms with Gasteiger partial charge in [-0.05, 0) is 42.5 Å². The van der Waals surface area contributed by atoms with Gasteiger partial charge in [-0.15, -0.1) is 0 Å². The van der Waals surface area contributed by atoms with Crippen LogP contribution in [0.1, 0.15) is 21.5 Å². The van der Waals surface area contributed by atoms with Crippen molar-refractivity contribution in [3.05, 3.63) is 65.2 Å². The molecule has 8 heteroatoms. The van der Waals surface area contributed by atoms with Gasteiger partial charge in [0.25, 0.3) is 5.91 Å². The number of benzene rings is 2. The standard InChI is InChI=1S/C17H12F3N3O2/c18-17(19,20)13-6-4-12(5-7-13)16(25)22-10-15(24)23-14-3-1-2-11(8-14)9-21/h1-8H,10H2,(H,22,25)(H,23,24). The Kier molecular flexibility index (Phi) is 5.39. The Bertz CT molecular complexity index is 824. The number of hydrogen-bond donors (Lipinski definition) is 2. The maximum atomic E-state index is 12.5. The second-order valence-corrected chi connectivity index (χ2v) is 5.00. The molecule has 0 saturated heterocycles. The SMILES string of the molecule is N#Cc1cccc(NC(=O)CNC(=O)c2ccc(C(F)(F)F)cc2)c1. The lowest BCUT2D eigenvalue weighted by Gasteiger charge is -2.09. The number of rotatable bonds is 4. The van der Waals surface area contributed by atoms with Crippen molar-refractivity contribution in [1.29, 1.82) is 5.26 Å². The first kappa shape index (κ1) is 18.0. The first-order valence-electron chi connectivity index (χ1n) is 7.05. The number of nitriles is 1. The van der Waals surface area contributed by atoms with E-state index in [1.165, 1.54) is 6.07 Å². The van der Waals surface area contributed by atoms with Crippen LogP contribution in [0.15, 0.2) is 48.5 Å². The third-order valence-electron chi connectivity index (χ3n) is 3.16. The maximum absolute atomic E-state index is 12.5. The van der Waals surface area contributed by atoms with E-state index in [-0.39, 0.29) is 12.1 Å². The van der Waals surface area contributed by atoms with Crippen LogP contribution < -0.4 is 10.6 Å². The van der Waals surface area contributed by atoms with Crippen LogP contribution in [0.4, 0.5) is 18.9 Å². The van der Waals surface area contributed by atoms with Crippen molar-refractivity contribution in [3.63, 3.8) is 0 Å². The average molecular weight is 347 g/mol. The minimum Gasteiger partial charge on any atom is -0.343 e. The average Bonchev–Trinajstić information content (AvgIpc) is 2.59. The van der Waals surface area contributed by atoms with E-state index in [9.17, 15) is 22.8 Å². The normalized spacial score (nSPS) is 10.6. The zero-order valence-corrected chi connectivity index (χ0v) is 12.7. The van der Waals surface area contributed by atoms with Gasteiger partial charge in [0.15, 0.2) is 0 Å². The quantitative estimate of drug-likeness (QED) is 0.892. The van der Waals surface area contributed by atoms with E-state index in [4.69, 9.17) is 5.26 Å². The molecule has 0 radical (unpaired) electrons. The summed E-state index contributed by atoms with van der Waals surface area (Å²) in [5, 5.41) is 13.6. The van der Waals surface area contributed by atoms with E-state index >= 15 is 0 Å². The molecule has 2 aromatic carbocycles. The minimum absolute atomic E-state index is 0.00674. The van der Waals surface area contributed by atoms with Gasteiger partial charge in [0.05, 0.1) is 23.7 Å². The molecule has 128 valence electrons. The zero-order valence-electron chi connectivity index (χ0n) is 12.7. The largest absolute Gasteiger partial charge is 0.416 e. The van der Waals surface area contributed by atoms with Gasteiger partial charge in [-0.25, -0.2) is 0 Å². The fourth-order valence-electron chi connectivity index (χ4n) is 1.94. The smallest absolute Gasteiger partial charge is 0.343 e. The molecule has 0 aliphatic carbocycles. The van der Waals surface area contributed by atoms with E-state index in [1.54, 1.807) is 18.2 Å². The molecule has 0 aliphatic rings. The van der Waals surface area contributed by atoms with Crippen LogP contribution in [-0.2, 0) is 11.0 Å². The maximum Gasteiger partial charge on any atom is 0.416 e. The summed E-state index contributed by atoms with van der Waals surface area (Å²) in [5.74, 6) is -1.20. The highest BCUT2D eigenvalue weighted by molar-refractivity contribution is 5.99. The Balaban J connectivity index is 1.91. The van der Waals surface area contributed by atoms with Crippen LogP contribution in [0.2, 0.25) is 0 Å². The first-order valence-corrected chi connectivity index (χ1v) is 7.05. The molecular formula is C17H12F3N3O2. The lowest BCUT2D eigenvalue weighted by atomic mass is 10.1. The first-order chi connectivity index (χ1) is 11.8. The lowest BCUT2D eigenvalue weighted by molar-refractivity contribution is -0.137. The predicted molar refractivity (Wildman–Crippen MR) is 83.6 cm³/mol. The summed E-state index contributed by atoms with van der Waals surface area (Å²) in [5.41, 5.74) is -0.0918. The summed E-state index contributed by atoms with van der Waals surface area (Å²) >= 11 is 0. The van der Waals surface area contributed by atoms with Crippen molar-refractivity contribution in [2.45, 2.75) is 6.18 Å². The summed E-state index contributed by atoms with van der Waals surface area (Å²) in [6.07, 6.45) is -4.48. The third-order valence-corrected chi connectivity index (χ3v) is 3.16. The molecule has 2 aromatic rings. The number of nitrogens with one attached hydrogen (secondary N) is 2. The Labute approximate surface area is 141 Å². The van der Waals surface area contributed by atoms with Crippen molar-refractivity contribution in [2.75, 3.05) is 11.9 Å². The number of anilines is 1. The molecule has 2 amide bonds. The van der Waals surface area contributed by atoms with Crippen LogP contribution in [0.5, 0.6) is 0 Å². The highest BCUT2D eigenvalue weighted by atomic mass is 19.4. The lowest BCUT2D eigenvalue weighted by Crippen LogP contribution is -2.32. The van der Waals surface area contributed by atoms with E-state index < -0.39 is 23.6 Å². The van der Waals surface area contributed by atoms with Crippen LogP contribution in [-0.4, -0.2) is 18.4 Å². The highest BCUT2D eigenvalue weighted by Crippen LogP contribution is 2.29.